The lowest BCUT2D eigenvalue weighted by atomic mass is 9.98. The monoisotopic (exact) mass is 520 g/mol. The maximum Gasteiger partial charge on any atom is 0.416 e. The van der Waals surface area contributed by atoms with Gasteiger partial charge in [0.15, 0.2) is 0 Å². The second-order valence-corrected chi connectivity index (χ2v) is 9.56. The third kappa shape index (κ3) is 4.82. The number of hydrogen-bond acceptors (Lipinski definition) is 4. The average molecular weight is 520 g/mol. The number of carbonyl (C=O) groups excluding carboxylic acids is 2. The summed E-state index contributed by atoms with van der Waals surface area (Å²) in [4.78, 5) is 35.0. The summed E-state index contributed by atoms with van der Waals surface area (Å²) in [5.41, 5.74) is -1.56. The largest absolute Gasteiger partial charge is 0.416 e. The quantitative estimate of drug-likeness (QED) is 0.514. The van der Waals surface area contributed by atoms with Gasteiger partial charge in [-0.2, -0.15) is 26.3 Å². The van der Waals surface area contributed by atoms with E-state index in [9.17, 15) is 35.9 Å². The lowest BCUT2D eigenvalue weighted by molar-refractivity contribution is -0.143. The molecule has 3 atom stereocenters. The van der Waals surface area contributed by atoms with E-state index in [1.807, 2.05) is 0 Å². The first-order valence-electron chi connectivity index (χ1n) is 10.8. The number of urea groups is 1. The maximum atomic E-state index is 13.5. The Morgan fingerprint density at radius 3 is 2.29 bits per heavy atom. The minimum Gasteiger partial charge on any atom is -0.335 e. The molecule has 0 bridgehead atoms. The van der Waals surface area contributed by atoms with Gasteiger partial charge in [0, 0.05) is 37.6 Å². The zero-order chi connectivity index (χ0) is 25.7. The van der Waals surface area contributed by atoms with Crippen LogP contribution in [0.4, 0.5) is 31.1 Å². The number of benzene rings is 1. The van der Waals surface area contributed by atoms with Crippen molar-refractivity contribution in [3.63, 3.8) is 0 Å². The minimum absolute atomic E-state index is 0.0121. The molecule has 0 saturated carbocycles. The number of carbonyl (C=O) groups is 2. The molecule has 1 aromatic carbocycles. The van der Waals surface area contributed by atoms with E-state index in [1.165, 1.54) is 30.2 Å². The Bertz CT molecular complexity index is 1070. The van der Waals surface area contributed by atoms with Crippen LogP contribution in [-0.4, -0.2) is 57.8 Å². The minimum atomic E-state index is -4.99. The third-order valence-electron chi connectivity index (χ3n) is 6.62. The second kappa shape index (κ2) is 8.99. The summed E-state index contributed by atoms with van der Waals surface area (Å²) in [5, 5.41) is 0. The van der Waals surface area contributed by atoms with Crippen LogP contribution in [0.25, 0.3) is 0 Å². The van der Waals surface area contributed by atoms with Gasteiger partial charge in [-0.05, 0) is 37.1 Å². The standard InChI is InChI=1S/C22H22F6N4O2S/c1-12(13-7-14(21(23,24)25)9-15(8-13)22(26,27)28)30(2)20(34)32-6-5-31-16(3-4-18(31)33)19(32)17-10-29-11-35-17/h7-12,16,19H,3-6H2,1-2H3/t12-,16?,19?/m1/s1. The van der Waals surface area contributed by atoms with Crippen molar-refractivity contribution >= 4 is 23.3 Å². The van der Waals surface area contributed by atoms with Gasteiger partial charge in [-0.3, -0.25) is 9.78 Å². The lowest BCUT2D eigenvalue weighted by Crippen LogP contribution is -2.57. The molecule has 2 aromatic rings. The van der Waals surface area contributed by atoms with Crippen LogP contribution >= 0.6 is 11.3 Å². The van der Waals surface area contributed by atoms with Crippen molar-refractivity contribution in [3.05, 3.63) is 51.5 Å². The molecule has 0 aliphatic carbocycles. The van der Waals surface area contributed by atoms with Crippen LogP contribution in [-0.2, 0) is 17.1 Å². The second-order valence-electron chi connectivity index (χ2n) is 8.64. The molecule has 2 aliphatic heterocycles. The van der Waals surface area contributed by atoms with E-state index in [0.29, 0.717) is 31.5 Å². The first-order chi connectivity index (χ1) is 16.3. The number of rotatable bonds is 3. The Balaban J connectivity index is 1.65. The Kier molecular flexibility index (Phi) is 6.49. The number of aromatic nitrogens is 1. The normalized spacial score (nSPS) is 21.8. The molecule has 0 N–H and O–H groups in total. The van der Waals surface area contributed by atoms with Gasteiger partial charge in [0.25, 0.3) is 0 Å². The fourth-order valence-electron chi connectivity index (χ4n) is 4.68. The molecule has 2 saturated heterocycles. The van der Waals surface area contributed by atoms with Crippen molar-refractivity contribution in [3.8, 4) is 0 Å². The van der Waals surface area contributed by atoms with Crippen LogP contribution < -0.4 is 0 Å². The van der Waals surface area contributed by atoms with Gasteiger partial charge < -0.3 is 14.7 Å². The number of thiazole rings is 1. The fourth-order valence-corrected chi connectivity index (χ4v) is 5.47. The number of fused-ring (bicyclic) bond motifs is 1. The van der Waals surface area contributed by atoms with E-state index >= 15 is 0 Å². The Morgan fingerprint density at radius 2 is 1.74 bits per heavy atom. The SMILES string of the molecule is C[C@H](c1cc(C(F)(F)F)cc(C(F)(F)F)c1)N(C)C(=O)N1CCN2C(=O)CCC2C1c1cncs1. The molecule has 2 unspecified atom stereocenters. The van der Waals surface area contributed by atoms with Crippen molar-refractivity contribution in [1.82, 2.24) is 19.7 Å². The fraction of sp³-hybridized carbons (Fsp3) is 0.500. The summed E-state index contributed by atoms with van der Waals surface area (Å²) >= 11 is 1.32. The van der Waals surface area contributed by atoms with Crippen LogP contribution in [0.2, 0.25) is 0 Å². The summed E-state index contributed by atoms with van der Waals surface area (Å²) in [6.45, 7) is 1.86. The first-order valence-corrected chi connectivity index (χ1v) is 11.7. The Labute approximate surface area is 201 Å². The van der Waals surface area contributed by atoms with Gasteiger partial charge in [-0.1, -0.05) is 0 Å². The van der Waals surface area contributed by atoms with Crippen molar-refractivity contribution in [1.29, 1.82) is 0 Å². The predicted molar refractivity (Wildman–Crippen MR) is 114 cm³/mol. The smallest absolute Gasteiger partial charge is 0.335 e. The van der Waals surface area contributed by atoms with Crippen molar-refractivity contribution in [2.45, 2.75) is 50.2 Å². The highest BCUT2D eigenvalue weighted by Crippen LogP contribution is 2.41. The first kappa shape index (κ1) is 25.3. The molecule has 1 aromatic heterocycles. The van der Waals surface area contributed by atoms with E-state index in [1.54, 1.807) is 16.6 Å². The molecule has 3 heterocycles. The molecule has 13 heteroatoms. The van der Waals surface area contributed by atoms with Crippen LogP contribution in [0, 0.1) is 0 Å². The molecule has 0 radical (unpaired) electrons. The number of nitrogens with zero attached hydrogens (tertiary/aromatic N) is 4. The Hall–Kier alpha value is -2.83. The number of alkyl halides is 6. The molecule has 2 fully saturated rings. The van der Waals surface area contributed by atoms with Crippen LogP contribution in [0.15, 0.2) is 29.9 Å². The van der Waals surface area contributed by atoms with Gasteiger partial charge in [-0.25, -0.2) is 4.79 Å². The van der Waals surface area contributed by atoms with E-state index in [4.69, 9.17) is 0 Å². The van der Waals surface area contributed by atoms with Gasteiger partial charge in [0.2, 0.25) is 5.91 Å². The number of halogens is 6. The van der Waals surface area contributed by atoms with E-state index in [0.717, 1.165) is 9.78 Å². The van der Waals surface area contributed by atoms with Crippen molar-refractivity contribution in [2.24, 2.45) is 0 Å². The highest BCUT2D eigenvalue weighted by atomic mass is 32.1. The van der Waals surface area contributed by atoms with Crippen LogP contribution in [0.5, 0.6) is 0 Å². The zero-order valence-electron chi connectivity index (χ0n) is 18.7. The third-order valence-corrected chi connectivity index (χ3v) is 7.47. The molecule has 35 heavy (non-hydrogen) atoms. The molecule has 3 amide bonds. The zero-order valence-corrected chi connectivity index (χ0v) is 19.5. The number of amides is 3. The van der Waals surface area contributed by atoms with Crippen molar-refractivity contribution in [2.75, 3.05) is 20.1 Å². The van der Waals surface area contributed by atoms with Gasteiger partial charge in [-0.15, -0.1) is 11.3 Å². The number of piperazine rings is 1. The maximum absolute atomic E-state index is 13.5. The van der Waals surface area contributed by atoms with Crippen LogP contribution in [0.1, 0.15) is 53.4 Å². The van der Waals surface area contributed by atoms with E-state index < -0.39 is 41.6 Å². The van der Waals surface area contributed by atoms with Crippen LogP contribution in [0.3, 0.4) is 0 Å². The van der Waals surface area contributed by atoms with Gasteiger partial charge >= 0.3 is 18.4 Å². The van der Waals surface area contributed by atoms with E-state index in [2.05, 4.69) is 4.98 Å². The van der Waals surface area contributed by atoms with Gasteiger partial charge in [0.05, 0.1) is 34.8 Å². The Morgan fingerprint density at radius 1 is 1.11 bits per heavy atom. The predicted octanol–water partition coefficient (Wildman–Crippen LogP) is 5.34. The highest BCUT2D eigenvalue weighted by molar-refractivity contribution is 7.09. The molecule has 190 valence electrons. The van der Waals surface area contributed by atoms with E-state index in [-0.39, 0.29) is 30.1 Å². The molecule has 4 rings (SSSR count). The summed E-state index contributed by atoms with van der Waals surface area (Å²) < 4.78 is 79.9. The summed E-state index contributed by atoms with van der Waals surface area (Å²) in [5.74, 6) is -0.0121. The average Bonchev–Trinajstić information content (AvgIpc) is 3.46. The molecule has 6 nitrogen and oxygen atoms in total. The highest BCUT2D eigenvalue weighted by Gasteiger charge is 2.46. The summed E-state index contributed by atoms with van der Waals surface area (Å²) in [7, 11) is 1.34. The molecular formula is C22H22F6N4O2S. The number of hydrogen-bond donors (Lipinski definition) is 0. The molecule has 0 spiro atoms. The topological polar surface area (TPSA) is 56.8 Å². The summed E-state index contributed by atoms with van der Waals surface area (Å²) in [6.07, 6.45) is -7.48. The summed E-state index contributed by atoms with van der Waals surface area (Å²) in [6, 6.07) is -1.08. The van der Waals surface area contributed by atoms with Crippen molar-refractivity contribution < 1.29 is 35.9 Å². The molecular weight excluding hydrogens is 498 g/mol. The molecule has 2 aliphatic rings. The van der Waals surface area contributed by atoms with Gasteiger partial charge in [0.1, 0.15) is 0 Å². The lowest BCUT2D eigenvalue weighted by Gasteiger charge is -2.46.